The van der Waals surface area contributed by atoms with E-state index in [1.54, 1.807) is 12.1 Å². The van der Waals surface area contributed by atoms with Crippen molar-refractivity contribution < 1.29 is 9.53 Å². The van der Waals surface area contributed by atoms with Crippen LogP contribution in [0.25, 0.3) is 22.6 Å². The smallest absolute Gasteiger partial charge is 0.256 e. The molecule has 2 aromatic heterocycles. The lowest BCUT2D eigenvalue weighted by Crippen LogP contribution is -2.12. The molecule has 2 heterocycles. The molecule has 0 atom stereocenters. The number of aromatic nitrogens is 4. The van der Waals surface area contributed by atoms with Crippen LogP contribution in [0.5, 0.6) is 5.75 Å². The molecule has 1 amide bonds. The summed E-state index contributed by atoms with van der Waals surface area (Å²) in [6, 6.07) is 12.3. The van der Waals surface area contributed by atoms with Crippen molar-refractivity contribution in [2.45, 2.75) is 0 Å². The van der Waals surface area contributed by atoms with Crippen LogP contribution < -0.4 is 10.1 Å². The molecule has 0 aliphatic rings. The molecule has 4 rings (SSSR count). The molecule has 4 aromatic rings. The number of fused-ring (bicyclic) bond motifs is 1. The first-order chi connectivity index (χ1) is 13.1. The van der Waals surface area contributed by atoms with E-state index in [1.807, 2.05) is 24.3 Å². The fourth-order valence-electron chi connectivity index (χ4n) is 2.63. The van der Waals surface area contributed by atoms with Gasteiger partial charge in [0.25, 0.3) is 5.91 Å². The standard InChI is InChI=1S/C18H13Cl2N5O2/c1-27-13-7-6-9(8-10(13)19)18(26)23-16-14(20)15(24-25-16)17-21-11-4-2-3-5-12(11)22-17/h2-8H,1H3,(H,21,22)(H2,23,24,25,26). The second-order valence-corrected chi connectivity index (χ2v) is 6.45. The average Bonchev–Trinajstić information content (AvgIpc) is 3.25. The lowest BCUT2D eigenvalue weighted by Gasteiger charge is -2.06. The first kappa shape index (κ1) is 17.4. The Morgan fingerprint density at radius 2 is 2.00 bits per heavy atom. The number of benzene rings is 2. The van der Waals surface area contributed by atoms with Crippen molar-refractivity contribution in [3.8, 4) is 17.3 Å². The van der Waals surface area contributed by atoms with Crippen molar-refractivity contribution in [1.82, 2.24) is 20.2 Å². The number of ether oxygens (including phenoxy) is 1. The van der Waals surface area contributed by atoms with Crippen molar-refractivity contribution in [2.75, 3.05) is 12.4 Å². The summed E-state index contributed by atoms with van der Waals surface area (Å²) in [5.41, 5.74) is 2.51. The Morgan fingerprint density at radius 3 is 2.74 bits per heavy atom. The van der Waals surface area contributed by atoms with Gasteiger partial charge in [0.15, 0.2) is 11.6 Å². The van der Waals surface area contributed by atoms with Crippen LogP contribution in [0.4, 0.5) is 5.82 Å². The maximum Gasteiger partial charge on any atom is 0.256 e. The minimum absolute atomic E-state index is 0.198. The van der Waals surface area contributed by atoms with Gasteiger partial charge in [-0.3, -0.25) is 9.89 Å². The Bertz CT molecular complexity index is 1120. The Kier molecular flexibility index (Phi) is 4.47. The normalized spacial score (nSPS) is 10.9. The molecule has 0 aliphatic carbocycles. The van der Waals surface area contributed by atoms with E-state index in [0.29, 0.717) is 27.9 Å². The molecule has 7 nitrogen and oxygen atoms in total. The van der Waals surface area contributed by atoms with E-state index in [-0.39, 0.29) is 10.8 Å². The number of carbonyl (C=O) groups is 1. The Labute approximate surface area is 163 Å². The van der Waals surface area contributed by atoms with Crippen molar-refractivity contribution in [3.63, 3.8) is 0 Å². The number of hydrogen-bond donors (Lipinski definition) is 3. The molecular formula is C18H13Cl2N5O2. The molecule has 0 spiro atoms. The lowest BCUT2D eigenvalue weighted by atomic mass is 10.2. The van der Waals surface area contributed by atoms with Gasteiger partial charge in [-0.25, -0.2) is 4.98 Å². The summed E-state index contributed by atoms with van der Waals surface area (Å²) in [6.45, 7) is 0. The van der Waals surface area contributed by atoms with E-state index in [1.165, 1.54) is 13.2 Å². The number of carbonyl (C=O) groups excluding carboxylic acids is 1. The van der Waals surface area contributed by atoms with Crippen LogP contribution in [-0.2, 0) is 0 Å². The van der Waals surface area contributed by atoms with Gasteiger partial charge in [0.2, 0.25) is 0 Å². The van der Waals surface area contributed by atoms with Crippen LogP contribution >= 0.6 is 23.2 Å². The zero-order chi connectivity index (χ0) is 19.0. The molecule has 3 N–H and O–H groups in total. The molecule has 0 unspecified atom stereocenters. The summed E-state index contributed by atoms with van der Waals surface area (Å²) >= 11 is 12.4. The highest BCUT2D eigenvalue weighted by atomic mass is 35.5. The number of aromatic amines is 2. The van der Waals surface area contributed by atoms with Crippen molar-refractivity contribution in [1.29, 1.82) is 0 Å². The number of anilines is 1. The molecule has 0 aliphatic heterocycles. The summed E-state index contributed by atoms with van der Waals surface area (Å²) in [6.07, 6.45) is 0. The van der Waals surface area contributed by atoms with E-state index < -0.39 is 5.91 Å². The van der Waals surface area contributed by atoms with E-state index in [9.17, 15) is 4.79 Å². The van der Waals surface area contributed by atoms with Gasteiger partial charge in [0.05, 0.1) is 23.2 Å². The second-order valence-electron chi connectivity index (χ2n) is 5.67. The van der Waals surface area contributed by atoms with Gasteiger partial charge >= 0.3 is 0 Å². The maximum atomic E-state index is 12.5. The highest BCUT2D eigenvalue weighted by Crippen LogP contribution is 2.31. The zero-order valence-corrected chi connectivity index (χ0v) is 15.5. The third-order valence-electron chi connectivity index (χ3n) is 3.98. The SMILES string of the molecule is COc1ccc(C(=O)Nc2n[nH]c(-c3nc4ccccc4[nH]3)c2Cl)cc1Cl. The summed E-state index contributed by atoms with van der Waals surface area (Å²) < 4.78 is 5.08. The number of H-pyrrole nitrogens is 2. The first-order valence-electron chi connectivity index (χ1n) is 7.90. The fourth-order valence-corrected chi connectivity index (χ4v) is 3.11. The first-order valence-corrected chi connectivity index (χ1v) is 8.66. The number of halogens is 2. The van der Waals surface area contributed by atoms with Crippen LogP contribution in [0.3, 0.4) is 0 Å². The third kappa shape index (κ3) is 3.22. The Balaban J connectivity index is 1.60. The van der Waals surface area contributed by atoms with Gasteiger partial charge in [-0.1, -0.05) is 35.3 Å². The van der Waals surface area contributed by atoms with Crippen molar-refractivity contribution in [3.05, 3.63) is 58.1 Å². The van der Waals surface area contributed by atoms with Gasteiger partial charge in [0, 0.05) is 5.56 Å². The molecule has 2 aromatic carbocycles. The molecule has 9 heteroatoms. The van der Waals surface area contributed by atoms with Gasteiger partial charge < -0.3 is 15.0 Å². The molecule has 0 saturated heterocycles. The van der Waals surface area contributed by atoms with Crippen molar-refractivity contribution in [2.24, 2.45) is 0 Å². The van der Waals surface area contributed by atoms with E-state index in [4.69, 9.17) is 27.9 Å². The summed E-state index contributed by atoms with van der Waals surface area (Å²) in [5, 5.41) is 10.1. The maximum absolute atomic E-state index is 12.5. The molecule has 0 saturated carbocycles. The zero-order valence-electron chi connectivity index (χ0n) is 14.0. The minimum Gasteiger partial charge on any atom is -0.495 e. The fraction of sp³-hybridized carbons (Fsp3) is 0.0556. The number of rotatable bonds is 4. The highest BCUT2D eigenvalue weighted by molar-refractivity contribution is 6.36. The Morgan fingerprint density at radius 1 is 1.19 bits per heavy atom. The van der Waals surface area contributed by atoms with Crippen molar-refractivity contribution >= 4 is 46.0 Å². The van der Waals surface area contributed by atoms with Gasteiger partial charge in [0.1, 0.15) is 16.5 Å². The van der Waals surface area contributed by atoms with E-state index >= 15 is 0 Å². The second kappa shape index (κ2) is 6.94. The lowest BCUT2D eigenvalue weighted by molar-refractivity contribution is 0.102. The number of hydrogen-bond acceptors (Lipinski definition) is 4. The molecule has 0 bridgehead atoms. The summed E-state index contributed by atoms with van der Waals surface area (Å²) in [5.74, 6) is 0.813. The molecule has 0 radical (unpaired) electrons. The summed E-state index contributed by atoms with van der Waals surface area (Å²) in [7, 11) is 1.50. The molecular weight excluding hydrogens is 389 g/mol. The van der Waals surface area contributed by atoms with Crippen LogP contribution in [0.2, 0.25) is 10.0 Å². The third-order valence-corrected chi connectivity index (χ3v) is 4.64. The number of para-hydroxylation sites is 2. The molecule has 0 fully saturated rings. The number of nitrogens with one attached hydrogen (secondary N) is 3. The van der Waals surface area contributed by atoms with E-state index in [2.05, 4.69) is 25.5 Å². The van der Waals surface area contributed by atoms with Crippen LogP contribution in [0.15, 0.2) is 42.5 Å². The minimum atomic E-state index is -0.399. The van der Waals surface area contributed by atoms with Crippen LogP contribution in [0.1, 0.15) is 10.4 Å². The number of nitrogens with zero attached hydrogens (tertiary/aromatic N) is 2. The van der Waals surface area contributed by atoms with Gasteiger partial charge in [-0.05, 0) is 30.3 Å². The predicted octanol–water partition coefficient (Wildman–Crippen LogP) is 4.52. The van der Waals surface area contributed by atoms with Crippen LogP contribution in [-0.4, -0.2) is 33.2 Å². The highest BCUT2D eigenvalue weighted by Gasteiger charge is 2.18. The van der Waals surface area contributed by atoms with E-state index in [0.717, 1.165) is 11.0 Å². The van der Waals surface area contributed by atoms with Gasteiger partial charge in [-0.2, -0.15) is 5.10 Å². The summed E-state index contributed by atoms with van der Waals surface area (Å²) in [4.78, 5) is 20.1. The van der Waals surface area contributed by atoms with Crippen LogP contribution in [0, 0.1) is 0 Å². The predicted molar refractivity (Wildman–Crippen MR) is 105 cm³/mol. The monoisotopic (exact) mass is 401 g/mol. The molecule has 27 heavy (non-hydrogen) atoms. The average molecular weight is 402 g/mol. The number of methoxy groups -OCH3 is 1. The largest absolute Gasteiger partial charge is 0.495 e. The molecule has 136 valence electrons. The van der Waals surface area contributed by atoms with Gasteiger partial charge in [-0.15, -0.1) is 0 Å². The Hall–Kier alpha value is -3.03. The number of amides is 1. The topological polar surface area (TPSA) is 95.7 Å². The quantitative estimate of drug-likeness (QED) is 0.468. The number of imidazole rings is 1.